The molecule has 3 rings (SSSR count). The van der Waals surface area contributed by atoms with Crippen molar-refractivity contribution in [1.29, 1.82) is 0 Å². The lowest BCUT2D eigenvalue weighted by Crippen LogP contribution is -2.47. The maximum Gasteiger partial charge on any atom is 0.193 e. The van der Waals surface area contributed by atoms with Crippen LogP contribution >= 0.6 is 24.0 Å². The number of aliphatic imine (C=N–C) groups is 1. The molecule has 0 radical (unpaired) electrons. The minimum absolute atomic E-state index is 0. The first-order valence-electron chi connectivity index (χ1n) is 12.3. The van der Waals surface area contributed by atoms with Gasteiger partial charge in [-0.2, -0.15) is 0 Å². The van der Waals surface area contributed by atoms with Crippen LogP contribution < -0.4 is 10.1 Å². The fourth-order valence-electron chi connectivity index (χ4n) is 4.60. The molecule has 1 aromatic carbocycles. The Bertz CT molecular complexity index is 675. The predicted octanol–water partition coefficient (Wildman–Crippen LogP) is 3.93. The molecule has 2 aliphatic heterocycles. The number of likely N-dealkylation sites (tertiary alicyclic amines) is 2. The molecule has 0 saturated carbocycles. The van der Waals surface area contributed by atoms with Crippen molar-refractivity contribution in [3.8, 4) is 5.75 Å². The first kappa shape index (κ1) is 28.1. The normalized spacial score (nSPS) is 18.8. The third-order valence-electron chi connectivity index (χ3n) is 6.42. The average molecular weight is 575 g/mol. The number of nitrogens with zero attached hydrogens (tertiary/aromatic N) is 3. The molecular formula is C25H43IN4O3. The van der Waals surface area contributed by atoms with Crippen molar-refractivity contribution in [3.63, 3.8) is 0 Å². The molecule has 1 aromatic rings. The van der Waals surface area contributed by atoms with Gasteiger partial charge in [0.15, 0.2) is 5.96 Å². The van der Waals surface area contributed by atoms with Gasteiger partial charge >= 0.3 is 0 Å². The Labute approximate surface area is 217 Å². The van der Waals surface area contributed by atoms with Crippen LogP contribution in [0.3, 0.4) is 0 Å². The molecule has 188 valence electrons. The summed E-state index contributed by atoms with van der Waals surface area (Å²) in [4.78, 5) is 10.1. The minimum Gasteiger partial charge on any atom is -0.497 e. The van der Waals surface area contributed by atoms with Crippen molar-refractivity contribution in [1.82, 2.24) is 15.1 Å². The van der Waals surface area contributed by atoms with Crippen LogP contribution in [0.25, 0.3) is 0 Å². The van der Waals surface area contributed by atoms with Gasteiger partial charge in [-0.25, -0.2) is 0 Å². The van der Waals surface area contributed by atoms with E-state index in [9.17, 15) is 0 Å². The molecule has 1 N–H and O–H groups in total. The van der Waals surface area contributed by atoms with Crippen LogP contribution in [0.4, 0.5) is 0 Å². The summed E-state index contributed by atoms with van der Waals surface area (Å²) in [6, 6.07) is 8.81. The smallest absolute Gasteiger partial charge is 0.193 e. The predicted molar refractivity (Wildman–Crippen MR) is 145 cm³/mol. The van der Waals surface area contributed by atoms with Crippen molar-refractivity contribution >= 4 is 29.9 Å². The number of hydrogen-bond donors (Lipinski definition) is 1. The summed E-state index contributed by atoms with van der Waals surface area (Å²) in [7, 11) is 3.46. The number of nitrogens with one attached hydrogen (secondary N) is 1. The van der Waals surface area contributed by atoms with Crippen molar-refractivity contribution in [3.05, 3.63) is 29.8 Å². The molecule has 2 aliphatic rings. The second kappa shape index (κ2) is 15.7. The molecule has 0 amide bonds. The lowest BCUT2D eigenvalue weighted by atomic mass is 10.1. The third kappa shape index (κ3) is 8.88. The lowest BCUT2D eigenvalue weighted by molar-refractivity contribution is 0.00988. The van der Waals surface area contributed by atoms with Crippen LogP contribution in [0, 0.1) is 0 Å². The summed E-state index contributed by atoms with van der Waals surface area (Å²) in [6.45, 7) is 9.60. The van der Waals surface area contributed by atoms with E-state index >= 15 is 0 Å². The number of guanidine groups is 1. The van der Waals surface area contributed by atoms with Crippen LogP contribution in [0.2, 0.25) is 0 Å². The lowest BCUT2D eigenvalue weighted by Gasteiger charge is -2.35. The first-order valence-corrected chi connectivity index (χ1v) is 12.3. The number of rotatable bonds is 11. The Morgan fingerprint density at radius 1 is 1.06 bits per heavy atom. The second-order valence-corrected chi connectivity index (χ2v) is 8.63. The molecule has 33 heavy (non-hydrogen) atoms. The first-order chi connectivity index (χ1) is 15.7. The van der Waals surface area contributed by atoms with Crippen molar-refractivity contribution < 1.29 is 14.2 Å². The molecule has 0 spiro atoms. The van der Waals surface area contributed by atoms with Gasteiger partial charge in [0, 0.05) is 40.0 Å². The standard InChI is InChI=1S/C25H42N4O3.HI/c1-4-26-25(29-16-12-23(13-17-29)32-19-7-18-30-2)27-20-24(28-14-5-6-15-28)21-8-10-22(31-3)11-9-21;/h8-11,23-24H,4-7,12-20H2,1-3H3,(H,26,27);1H. The molecule has 2 fully saturated rings. The van der Waals surface area contributed by atoms with Gasteiger partial charge in [0.2, 0.25) is 0 Å². The molecule has 8 heteroatoms. The highest BCUT2D eigenvalue weighted by molar-refractivity contribution is 14.0. The highest BCUT2D eigenvalue weighted by Crippen LogP contribution is 2.27. The molecule has 2 saturated heterocycles. The average Bonchev–Trinajstić information content (AvgIpc) is 3.37. The van der Waals surface area contributed by atoms with Gasteiger partial charge in [0.05, 0.1) is 25.8 Å². The van der Waals surface area contributed by atoms with Crippen molar-refractivity contribution in [2.24, 2.45) is 4.99 Å². The fourth-order valence-corrected chi connectivity index (χ4v) is 4.60. The number of ether oxygens (including phenoxy) is 3. The molecule has 0 bridgehead atoms. The highest BCUT2D eigenvalue weighted by atomic mass is 127. The molecule has 7 nitrogen and oxygen atoms in total. The molecule has 2 heterocycles. The van der Waals surface area contributed by atoms with Gasteiger partial charge in [-0.15, -0.1) is 24.0 Å². The molecule has 0 aliphatic carbocycles. The maximum absolute atomic E-state index is 6.03. The Balaban J connectivity index is 0.00000385. The summed E-state index contributed by atoms with van der Waals surface area (Å²) < 4.78 is 16.5. The Morgan fingerprint density at radius 3 is 2.36 bits per heavy atom. The Hall–Kier alpha value is -1.10. The van der Waals surface area contributed by atoms with Crippen molar-refractivity contribution in [2.75, 3.05) is 66.7 Å². The summed E-state index contributed by atoms with van der Waals surface area (Å²) in [5.74, 6) is 1.93. The second-order valence-electron chi connectivity index (χ2n) is 8.63. The van der Waals surface area contributed by atoms with Gasteiger partial charge in [-0.1, -0.05) is 12.1 Å². The van der Waals surface area contributed by atoms with E-state index in [1.54, 1.807) is 14.2 Å². The van der Waals surface area contributed by atoms with Gasteiger partial charge in [-0.3, -0.25) is 9.89 Å². The Kier molecular flexibility index (Phi) is 13.4. The van der Waals surface area contributed by atoms with Gasteiger partial charge in [0.25, 0.3) is 0 Å². The number of hydrogen-bond acceptors (Lipinski definition) is 5. The van der Waals surface area contributed by atoms with Crippen LogP contribution in [0.15, 0.2) is 29.3 Å². The number of piperidine rings is 1. The molecular weight excluding hydrogens is 531 g/mol. The van der Waals surface area contributed by atoms with E-state index in [0.29, 0.717) is 12.1 Å². The summed E-state index contributed by atoms with van der Waals surface area (Å²) >= 11 is 0. The zero-order valence-corrected chi connectivity index (χ0v) is 23.0. The molecule has 1 unspecified atom stereocenters. The SMILES string of the molecule is CCNC(=NCC(c1ccc(OC)cc1)N1CCCC1)N1CCC(OCCCOC)CC1.I. The van der Waals surface area contributed by atoms with E-state index in [1.807, 2.05) is 0 Å². The fraction of sp³-hybridized carbons (Fsp3) is 0.720. The summed E-state index contributed by atoms with van der Waals surface area (Å²) in [5, 5.41) is 3.52. The topological polar surface area (TPSA) is 58.6 Å². The van der Waals surface area contributed by atoms with Gasteiger partial charge in [-0.05, 0) is 69.8 Å². The van der Waals surface area contributed by atoms with Gasteiger partial charge in [0.1, 0.15) is 5.75 Å². The zero-order chi connectivity index (χ0) is 22.6. The third-order valence-corrected chi connectivity index (χ3v) is 6.42. The maximum atomic E-state index is 6.03. The van der Waals surface area contributed by atoms with E-state index in [4.69, 9.17) is 19.2 Å². The number of halogens is 1. The Morgan fingerprint density at radius 2 is 1.76 bits per heavy atom. The molecule has 0 aromatic heterocycles. The monoisotopic (exact) mass is 574 g/mol. The van der Waals surface area contributed by atoms with E-state index in [1.165, 1.54) is 18.4 Å². The van der Waals surface area contributed by atoms with E-state index in [0.717, 1.165) is 83.5 Å². The minimum atomic E-state index is 0. The van der Waals surface area contributed by atoms with Crippen molar-refractivity contribution in [2.45, 2.75) is 51.2 Å². The van der Waals surface area contributed by atoms with Crippen LogP contribution in [-0.2, 0) is 9.47 Å². The number of methoxy groups -OCH3 is 2. The number of benzene rings is 1. The zero-order valence-electron chi connectivity index (χ0n) is 20.6. The van der Waals surface area contributed by atoms with Gasteiger partial charge < -0.3 is 24.4 Å². The largest absolute Gasteiger partial charge is 0.497 e. The van der Waals surface area contributed by atoms with Crippen LogP contribution in [-0.4, -0.2) is 88.6 Å². The van der Waals surface area contributed by atoms with Crippen LogP contribution in [0.1, 0.15) is 50.6 Å². The van der Waals surface area contributed by atoms with E-state index < -0.39 is 0 Å². The quantitative estimate of drug-likeness (QED) is 0.187. The summed E-state index contributed by atoms with van der Waals surface area (Å²) in [6.07, 6.45) is 5.95. The highest BCUT2D eigenvalue weighted by Gasteiger charge is 2.25. The van der Waals surface area contributed by atoms with E-state index in [2.05, 4.69) is 46.3 Å². The van der Waals surface area contributed by atoms with E-state index in [-0.39, 0.29) is 24.0 Å². The molecule has 1 atom stereocenters. The van der Waals surface area contributed by atoms with Crippen LogP contribution in [0.5, 0.6) is 5.75 Å². The summed E-state index contributed by atoms with van der Waals surface area (Å²) in [5.41, 5.74) is 1.32.